The second-order valence-electron chi connectivity index (χ2n) is 6.91. The first-order valence-corrected chi connectivity index (χ1v) is 8.72. The molecular weight excluding hydrogens is 298 g/mol. The van der Waals surface area contributed by atoms with Crippen LogP contribution in [-0.2, 0) is 6.54 Å². The molecule has 0 saturated heterocycles. The topological polar surface area (TPSA) is 30.5 Å². The van der Waals surface area contributed by atoms with Gasteiger partial charge in [0.2, 0.25) is 0 Å². The quantitative estimate of drug-likeness (QED) is 0.672. The third-order valence-corrected chi connectivity index (χ3v) is 3.42. The van der Waals surface area contributed by atoms with Crippen molar-refractivity contribution in [3.8, 4) is 11.5 Å². The second-order valence-corrected chi connectivity index (χ2v) is 6.91. The first-order valence-electron chi connectivity index (χ1n) is 8.72. The molecule has 24 heavy (non-hydrogen) atoms. The average Bonchev–Trinajstić information content (AvgIpc) is 2.57. The Hall–Kier alpha value is -2.16. The van der Waals surface area contributed by atoms with E-state index in [1.165, 1.54) is 5.56 Å². The van der Waals surface area contributed by atoms with E-state index in [2.05, 4.69) is 51.2 Å². The fourth-order valence-electron chi connectivity index (χ4n) is 2.20. The monoisotopic (exact) mass is 327 g/mol. The normalized spacial score (nSPS) is 10.9. The van der Waals surface area contributed by atoms with Crippen molar-refractivity contribution in [2.24, 2.45) is 11.8 Å². The summed E-state index contributed by atoms with van der Waals surface area (Å²) in [6, 6.07) is 16.3. The van der Waals surface area contributed by atoms with Crippen LogP contribution in [0.15, 0.2) is 48.5 Å². The number of rotatable bonds is 9. The van der Waals surface area contributed by atoms with E-state index in [-0.39, 0.29) is 0 Å². The summed E-state index contributed by atoms with van der Waals surface area (Å²) in [5.41, 5.74) is 2.21. The van der Waals surface area contributed by atoms with Crippen LogP contribution in [0.5, 0.6) is 11.5 Å². The van der Waals surface area contributed by atoms with Crippen molar-refractivity contribution in [2.45, 2.75) is 34.2 Å². The minimum atomic E-state index is 0.507. The second kappa shape index (κ2) is 9.21. The Kier molecular flexibility index (Phi) is 6.98. The van der Waals surface area contributed by atoms with Gasteiger partial charge in [-0.15, -0.1) is 0 Å². The van der Waals surface area contributed by atoms with Crippen LogP contribution < -0.4 is 14.8 Å². The zero-order valence-electron chi connectivity index (χ0n) is 15.2. The fraction of sp³-hybridized carbons (Fsp3) is 0.429. The van der Waals surface area contributed by atoms with Crippen molar-refractivity contribution in [3.05, 3.63) is 54.1 Å². The van der Waals surface area contributed by atoms with Crippen molar-refractivity contribution in [3.63, 3.8) is 0 Å². The van der Waals surface area contributed by atoms with Crippen molar-refractivity contribution in [1.29, 1.82) is 0 Å². The van der Waals surface area contributed by atoms with Crippen LogP contribution in [0.4, 0.5) is 5.69 Å². The largest absolute Gasteiger partial charge is 0.493 e. The Bertz CT molecular complexity index is 623. The molecule has 0 spiro atoms. The highest BCUT2D eigenvalue weighted by Crippen LogP contribution is 2.25. The lowest BCUT2D eigenvalue weighted by Crippen LogP contribution is -2.08. The van der Waals surface area contributed by atoms with E-state index >= 15 is 0 Å². The van der Waals surface area contributed by atoms with Gasteiger partial charge in [-0.1, -0.05) is 52.0 Å². The van der Waals surface area contributed by atoms with Gasteiger partial charge in [0.25, 0.3) is 0 Å². The molecule has 3 nitrogen and oxygen atoms in total. The van der Waals surface area contributed by atoms with E-state index in [4.69, 9.17) is 9.47 Å². The lowest BCUT2D eigenvalue weighted by atomic mass is 10.2. The molecular formula is C21H29NO2. The zero-order valence-corrected chi connectivity index (χ0v) is 15.2. The van der Waals surface area contributed by atoms with E-state index in [0.29, 0.717) is 11.8 Å². The highest BCUT2D eigenvalue weighted by atomic mass is 16.5. The minimum Gasteiger partial charge on any atom is -0.493 e. The molecule has 0 saturated carbocycles. The van der Waals surface area contributed by atoms with Crippen LogP contribution in [0.3, 0.4) is 0 Å². The molecule has 0 heterocycles. The molecule has 2 aromatic rings. The van der Waals surface area contributed by atoms with Gasteiger partial charge in [-0.05, 0) is 41.7 Å². The SMILES string of the molecule is CC(C)COc1cccc(CNc2ccccc2OCC(C)C)c1. The lowest BCUT2D eigenvalue weighted by Gasteiger charge is -2.15. The molecule has 3 heteroatoms. The average molecular weight is 327 g/mol. The molecule has 0 aliphatic carbocycles. The molecule has 0 radical (unpaired) electrons. The lowest BCUT2D eigenvalue weighted by molar-refractivity contribution is 0.271. The highest BCUT2D eigenvalue weighted by molar-refractivity contribution is 5.56. The van der Waals surface area contributed by atoms with Crippen molar-refractivity contribution < 1.29 is 9.47 Å². The Balaban J connectivity index is 1.97. The standard InChI is InChI=1S/C21H29NO2/c1-16(2)14-23-19-9-7-8-18(12-19)13-22-20-10-5-6-11-21(20)24-15-17(3)4/h5-12,16-17,22H,13-15H2,1-4H3. The maximum absolute atomic E-state index is 5.89. The van der Waals surface area contributed by atoms with E-state index in [1.54, 1.807) is 0 Å². The summed E-state index contributed by atoms with van der Waals surface area (Å²) < 4.78 is 11.7. The Labute approximate surface area is 146 Å². The summed E-state index contributed by atoms with van der Waals surface area (Å²) in [7, 11) is 0. The van der Waals surface area contributed by atoms with Gasteiger partial charge >= 0.3 is 0 Å². The van der Waals surface area contributed by atoms with E-state index < -0.39 is 0 Å². The van der Waals surface area contributed by atoms with E-state index in [0.717, 1.165) is 36.9 Å². The van der Waals surface area contributed by atoms with Crippen LogP contribution in [0.1, 0.15) is 33.3 Å². The van der Waals surface area contributed by atoms with Gasteiger partial charge in [-0.3, -0.25) is 0 Å². The molecule has 0 atom stereocenters. The highest BCUT2D eigenvalue weighted by Gasteiger charge is 2.05. The number of nitrogens with one attached hydrogen (secondary N) is 1. The van der Waals surface area contributed by atoms with Gasteiger partial charge in [0.15, 0.2) is 0 Å². The maximum Gasteiger partial charge on any atom is 0.142 e. The predicted octanol–water partition coefficient (Wildman–Crippen LogP) is 5.37. The number of anilines is 1. The fourth-order valence-corrected chi connectivity index (χ4v) is 2.20. The number of benzene rings is 2. The van der Waals surface area contributed by atoms with E-state index in [9.17, 15) is 0 Å². The molecule has 0 aliphatic heterocycles. The van der Waals surface area contributed by atoms with Gasteiger partial charge in [-0.2, -0.15) is 0 Å². The molecule has 0 amide bonds. The van der Waals surface area contributed by atoms with Crippen molar-refractivity contribution >= 4 is 5.69 Å². The first-order chi connectivity index (χ1) is 11.5. The Morgan fingerprint density at radius 3 is 2.29 bits per heavy atom. The van der Waals surface area contributed by atoms with Crippen molar-refractivity contribution in [2.75, 3.05) is 18.5 Å². The van der Waals surface area contributed by atoms with Gasteiger partial charge in [0.05, 0.1) is 18.9 Å². The summed E-state index contributed by atoms with van der Waals surface area (Å²) in [6.07, 6.45) is 0. The Morgan fingerprint density at radius 2 is 1.54 bits per heavy atom. The van der Waals surface area contributed by atoms with Crippen LogP contribution >= 0.6 is 0 Å². The molecule has 0 aliphatic rings. The summed E-state index contributed by atoms with van der Waals surface area (Å²) in [4.78, 5) is 0. The summed E-state index contributed by atoms with van der Waals surface area (Å²) >= 11 is 0. The van der Waals surface area contributed by atoms with Crippen LogP contribution in [0, 0.1) is 11.8 Å². The van der Waals surface area contributed by atoms with Gasteiger partial charge in [0, 0.05) is 6.54 Å². The third-order valence-electron chi connectivity index (χ3n) is 3.42. The summed E-state index contributed by atoms with van der Waals surface area (Å²) in [5.74, 6) is 2.86. The molecule has 2 aromatic carbocycles. The Morgan fingerprint density at radius 1 is 0.833 bits per heavy atom. The number of para-hydroxylation sites is 2. The smallest absolute Gasteiger partial charge is 0.142 e. The van der Waals surface area contributed by atoms with Gasteiger partial charge < -0.3 is 14.8 Å². The number of hydrogen-bond acceptors (Lipinski definition) is 3. The predicted molar refractivity (Wildman–Crippen MR) is 101 cm³/mol. The molecule has 2 rings (SSSR count). The molecule has 0 bridgehead atoms. The first kappa shape index (κ1) is 18.2. The zero-order chi connectivity index (χ0) is 17.4. The van der Waals surface area contributed by atoms with E-state index in [1.807, 2.05) is 30.3 Å². The number of ether oxygens (including phenoxy) is 2. The van der Waals surface area contributed by atoms with Crippen LogP contribution in [-0.4, -0.2) is 13.2 Å². The van der Waals surface area contributed by atoms with Crippen LogP contribution in [0.2, 0.25) is 0 Å². The summed E-state index contributed by atoms with van der Waals surface area (Å²) in [6.45, 7) is 10.8. The molecule has 0 unspecified atom stereocenters. The molecule has 0 fully saturated rings. The molecule has 130 valence electrons. The third kappa shape index (κ3) is 6.15. The van der Waals surface area contributed by atoms with Crippen LogP contribution in [0.25, 0.3) is 0 Å². The maximum atomic E-state index is 5.89. The minimum absolute atomic E-state index is 0.507. The van der Waals surface area contributed by atoms with Gasteiger partial charge in [0.1, 0.15) is 11.5 Å². The molecule has 1 N–H and O–H groups in total. The summed E-state index contributed by atoms with van der Waals surface area (Å²) in [5, 5.41) is 3.46. The van der Waals surface area contributed by atoms with Gasteiger partial charge in [-0.25, -0.2) is 0 Å². The number of hydrogen-bond donors (Lipinski definition) is 1. The molecule has 0 aromatic heterocycles. The van der Waals surface area contributed by atoms with Crippen molar-refractivity contribution in [1.82, 2.24) is 0 Å².